The van der Waals surface area contributed by atoms with Gasteiger partial charge in [0, 0.05) is 56.4 Å². The number of benzene rings is 2. The summed E-state index contributed by atoms with van der Waals surface area (Å²) < 4.78 is 27.3. The van der Waals surface area contributed by atoms with Gasteiger partial charge >= 0.3 is 0 Å². The maximum absolute atomic E-state index is 12.8. The van der Waals surface area contributed by atoms with Crippen LogP contribution in [0.1, 0.15) is 18.4 Å². The minimum Gasteiger partial charge on any atom is -0.369 e. The third-order valence-electron chi connectivity index (χ3n) is 5.90. The van der Waals surface area contributed by atoms with E-state index in [9.17, 15) is 8.42 Å². The lowest BCUT2D eigenvalue weighted by Gasteiger charge is -2.43. The number of hydrogen-bond donors (Lipinski definition) is 0. The van der Waals surface area contributed by atoms with Crippen LogP contribution < -0.4 is 4.90 Å². The molecule has 2 fully saturated rings. The largest absolute Gasteiger partial charge is 0.369 e. The molecule has 2 aliphatic heterocycles. The van der Waals surface area contributed by atoms with Gasteiger partial charge in [-0.1, -0.05) is 48.5 Å². The average Bonchev–Trinajstić information content (AvgIpc) is 2.79. The second kappa shape index (κ2) is 9.11. The minimum atomic E-state index is -3.39. The van der Waals surface area contributed by atoms with Gasteiger partial charge in [-0.3, -0.25) is 4.90 Å². The molecule has 0 bridgehead atoms. The highest BCUT2D eigenvalue weighted by Gasteiger charge is 2.32. The van der Waals surface area contributed by atoms with E-state index in [0.717, 1.165) is 44.6 Å². The molecule has 0 aromatic heterocycles. The van der Waals surface area contributed by atoms with E-state index < -0.39 is 10.0 Å². The highest BCUT2D eigenvalue weighted by atomic mass is 32.2. The van der Waals surface area contributed by atoms with Crippen LogP contribution in [0.25, 0.3) is 6.08 Å². The van der Waals surface area contributed by atoms with Crippen LogP contribution in [0.15, 0.2) is 66.1 Å². The fraction of sp³-hybridized carbons (Fsp3) is 0.391. The van der Waals surface area contributed by atoms with Crippen molar-refractivity contribution in [1.82, 2.24) is 9.21 Å². The maximum atomic E-state index is 12.8. The number of rotatable bonds is 5. The molecule has 2 saturated heterocycles. The van der Waals surface area contributed by atoms with E-state index in [-0.39, 0.29) is 0 Å². The third-order valence-corrected chi connectivity index (χ3v) is 7.43. The third kappa shape index (κ3) is 5.07. The first-order valence-corrected chi connectivity index (χ1v) is 11.9. The van der Waals surface area contributed by atoms with Crippen LogP contribution in [0.3, 0.4) is 0 Å². The van der Waals surface area contributed by atoms with Gasteiger partial charge in [0.05, 0.1) is 0 Å². The zero-order valence-electron chi connectivity index (χ0n) is 16.7. The Hall–Kier alpha value is -2.15. The Morgan fingerprint density at radius 2 is 1.48 bits per heavy atom. The summed E-state index contributed by atoms with van der Waals surface area (Å²) in [4.78, 5) is 4.89. The fourth-order valence-electron chi connectivity index (χ4n) is 4.25. The average molecular weight is 412 g/mol. The summed E-state index contributed by atoms with van der Waals surface area (Å²) in [6.07, 6.45) is 3.68. The van der Waals surface area contributed by atoms with E-state index in [1.807, 2.05) is 36.4 Å². The van der Waals surface area contributed by atoms with Crippen molar-refractivity contribution in [2.24, 2.45) is 0 Å². The molecule has 2 aromatic carbocycles. The molecule has 29 heavy (non-hydrogen) atoms. The molecule has 2 aliphatic rings. The molecule has 0 saturated carbocycles. The molecule has 5 nitrogen and oxygen atoms in total. The van der Waals surface area contributed by atoms with Crippen molar-refractivity contribution in [3.63, 3.8) is 0 Å². The van der Waals surface area contributed by atoms with E-state index in [1.54, 1.807) is 10.4 Å². The van der Waals surface area contributed by atoms with Crippen molar-refractivity contribution < 1.29 is 8.42 Å². The molecule has 0 radical (unpaired) electrons. The van der Waals surface area contributed by atoms with Crippen molar-refractivity contribution in [2.75, 3.05) is 44.2 Å². The fourth-order valence-corrected chi connectivity index (χ4v) is 5.51. The molecule has 0 N–H and O–H groups in total. The molecule has 1 atom stereocenters. The SMILES string of the molecule is O=S(=O)(/C=C/c1ccccc1)N1CCCC(N2CCN(c3ccccc3)CC2)C1. The topological polar surface area (TPSA) is 43.9 Å². The standard InChI is InChI=1S/C23H29N3O2S/c27-29(28,19-13-21-8-3-1-4-9-21)26-14-7-12-23(20-26)25-17-15-24(16-18-25)22-10-5-2-6-11-22/h1-6,8-11,13,19,23H,7,12,14-18,20H2/b19-13+. The molecule has 1 unspecified atom stereocenters. The Morgan fingerprint density at radius 1 is 0.828 bits per heavy atom. The molecule has 6 heteroatoms. The molecule has 0 amide bonds. The summed E-state index contributed by atoms with van der Waals surface area (Å²) in [5, 5.41) is 1.36. The number of anilines is 1. The zero-order valence-corrected chi connectivity index (χ0v) is 17.5. The maximum Gasteiger partial charge on any atom is 0.236 e. The van der Waals surface area contributed by atoms with Crippen LogP contribution in [-0.4, -0.2) is 62.9 Å². The number of nitrogens with zero attached hydrogens (tertiary/aromatic N) is 3. The normalized spacial score (nSPS) is 22.2. The van der Waals surface area contributed by atoms with Gasteiger partial charge < -0.3 is 4.90 Å². The Kier molecular flexibility index (Phi) is 6.33. The van der Waals surface area contributed by atoms with E-state index in [4.69, 9.17) is 0 Å². The number of sulfonamides is 1. The van der Waals surface area contributed by atoms with Gasteiger partial charge in [-0.15, -0.1) is 0 Å². The highest BCUT2D eigenvalue weighted by Crippen LogP contribution is 2.23. The van der Waals surface area contributed by atoms with Gasteiger partial charge in [-0.05, 0) is 36.6 Å². The Labute approximate surface area is 174 Å². The summed E-state index contributed by atoms with van der Waals surface area (Å²) >= 11 is 0. The van der Waals surface area contributed by atoms with Crippen molar-refractivity contribution in [1.29, 1.82) is 0 Å². The predicted molar refractivity (Wildman–Crippen MR) is 119 cm³/mol. The number of para-hydroxylation sites is 1. The van der Waals surface area contributed by atoms with Gasteiger partial charge in [0.2, 0.25) is 10.0 Å². The monoisotopic (exact) mass is 411 g/mol. The molecule has 2 aromatic rings. The van der Waals surface area contributed by atoms with Crippen LogP contribution in [0.4, 0.5) is 5.69 Å². The lowest BCUT2D eigenvalue weighted by molar-refractivity contribution is 0.129. The van der Waals surface area contributed by atoms with Crippen LogP contribution >= 0.6 is 0 Å². The van der Waals surface area contributed by atoms with Crippen LogP contribution in [0.2, 0.25) is 0 Å². The molecule has 4 rings (SSSR count). The Balaban J connectivity index is 1.35. The van der Waals surface area contributed by atoms with Crippen LogP contribution in [-0.2, 0) is 10.0 Å². The first kappa shape index (κ1) is 20.1. The van der Waals surface area contributed by atoms with Crippen molar-refractivity contribution in [2.45, 2.75) is 18.9 Å². The van der Waals surface area contributed by atoms with E-state index in [0.29, 0.717) is 19.1 Å². The van der Waals surface area contributed by atoms with Gasteiger partial charge in [-0.25, -0.2) is 8.42 Å². The number of piperidine rings is 1. The summed E-state index contributed by atoms with van der Waals surface area (Å²) in [5.74, 6) is 0. The first-order valence-electron chi connectivity index (χ1n) is 10.4. The predicted octanol–water partition coefficient (Wildman–Crippen LogP) is 3.27. The molecule has 0 aliphatic carbocycles. The number of piperazine rings is 1. The smallest absolute Gasteiger partial charge is 0.236 e. The summed E-state index contributed by atoms with van der Waals surface area (Å²) in [6, 6.07) is 20.4. The molecule has 0 spiro atoms. The van der Waals surface area contributed by atoms with Crippen molar-refractivity contribution in [3.05, 3.63) is 71.6 Å². The Bertz CT molecular complexity index is 908. The van der Waals surface area contributed by atoms with E-state index in [1.165, 1.54) is 11.1 Å². The Morgan fingerprint density at radius 3 is 2.17 bits per heavy atom. The molecular weight excluding hydrogens is 382 g/mol. The molecular formula is C23H29N3O2S. The van der Waals surface area contributed by atoms with Gasteiger partial charge in [0.15, 0.2) is 0 Å². The minimum absolute atomic E-state index is 0.307. The second-order valence-electron chi connectivity index (χ2n) is 7.77. The summed E-state index contributed by atoms with van der Waals surface area (Å²) in [6.45, 7) is 5.14. The van der Waals surface area contributed by atoms with E-state index in [2.05, 4.69) is 34.1 Å². The van der Waals surface area contributed by atoms with E-state index >= 15 is 0 Å². The van der Waals surface area contributed by atoms with Crippen LogP contribution in [0, 0.1) is 0 Å². The van der Waals surface area contributed by atoms with Gasteiger partial charge in [0.25, 0.3) is 0 Å². The lowest BCUT2D eigenvalue weighted by atomic mass is 10.0. The summed E-state index contributed by atoms with van der Waals surface area (Å²) in [5.41, 5.74) is 2.17. The van der Waals surface area contributed by atoms with Crippen molar-refractivity contribution in [3.8, 4) is 0 Å². The highest BCUT2D eigenvalue weighted by molar-refractivity contribution is 7.92. The van der Waals surface area contributed by atoms with Crippen LogP contribution in [0.5, 0.6) is 0 Å². The number of hydrogen-bond acceptors (Lipinski definition) is 4. The quantitative estimate of drug-likeness (QED) is 0.757. The second-order valence-corrected chi connectivity index (χ2v) is 9.59. The van der Waals surface area contributed by atoms with Crippen molar-refractivity contribution >= 4 is 21.8 Å². The first-order chi connectivity index (χ1) is 14.1. The van der Waals surface area contributed by atoms with Gasteiger partial charge in [0.1, 0.15) is 0 Å². The summed E-state index contributed by atoms with van der Waals surface area (Å²) in [7, 11) is -3.39. The zero-order chi connectivity index (χ0) is 20.1. The molecule has 154 valence electrons. The lowest BCUT2D eigenvalue weighted by Crippen LogP contribution is -2.55. The molecule has 2 heterocycles. The van der Waals surface area contributed by atoms with Gasteiger partial charge in [-0.2, -0.15) is 4.31 Å².